The van der Waals surface area contributed by atoms with Gasteiger partial charge in [0.1, 0.15) is 11.5 Å². The minimum absolute atomic E-state index is 0.0548. The van der Waals surface area contributed by atoms with Crippen molar-refractivity contribution in [3.8, 4) is 11.5 Å². The molecule has 0 saturated carbocycles. The summed E-state index contributed by atoms with van der Waals surface area (Å²) in [5.41, 5.74) is 4.20. The number of aryl methyl sites for hydroxylation is 2. The zero-order chi connectivity index (χ0) is 16.2. The van der Waals surface area contributed by atoms with Crippen LogP contribution in [0.1, 0.15) is 28.4 Å². The second-order valence-electron chi connectivity index (χ2n) is 5.68. The monoisotopic (exact) mass is 297 g/mol. The molecule has 0 unspecified atom stereocenters. The Morgan fingerprint density at radius 3 is 2.41 bits per heavy atom. The van der Waals surface area contributed by atoms with Crippen molar-refractivity contribution >= 4 is 27.7 Å². The molecule has 3 aromatic rings. The Hall–Kier alpha value is -2.49. The Balaban J connectivity index is 2.68. The van der Waals surface area contributed by atoms with Crippen LogP contribution in [0.5, 0.6) is 11.5 Å². The van der Waals surface area contributed by atoms with Crippen LogP contribution in [0.3, 0.4) is 0 Å². The van der Waals surface area contributed by atoms with Crippen molar-refractivity contribution in [3.63, 3.8) is 0 Å². The highest BCUT2D eigenvalue weighted by Crippen LogP contribution is 2.40. The Morgan fingerprint density at radius 1 is 1.14 bits per heavy atom. The Bertz CT molecular complexity index is 935. The Labute approximate surface area is 128 Å². The van der Waals surface area contributed by atoms with Gasteiger partial charge in [-0.25, -0.2) is 0 Å². The van der Waals surface area contributed by atoms with Crippen molar-refractivity contribution in [2.24, 2.45) is 0 Å². The van der Waals surface area contributed by atoms with Crippen LogP contribution in [0.4, 0.5) is 0 Å². The molecule has 0 amide bonds. The van der Waals surface area contributed by atoms with E-state index in [1.165, 1.54) is 0 Å². The van der Waals surface area contributed by atoms with Crippen LogP contribution in [0, 0.1) is 20.8 Å². The van der Waals surface area contributed by atoms with Gasteiger partial charge in [0.2, 0.25) is 5.91 Å². The largest absolute Gasteiger partial charge is 0.507 e. The van der Waals surface area contributed by atoms with E-state index in [0.717, 1.165) is 38.5 Å². The topological polar surface area (TPSA) is 51.5 Å². The van der Waals surface area contributed by atoms with Gasteiger partial charge in [0.25, 0.3) is 0 Å². The molecule has 0 atom stereocenters. The third-order valence-corrected chi connectivity index (χ3v) is 4.49. The molecular weight excluding hydrogens is 278 g/mol. The smallest absolute Gasteiger partial charge is 0.228 e. The molecule has 0 saturated heterocycles. The van der Waals surface area contributed by atoms with E-state index >= 15 is 0 Å². The number of ether oxygens (including phenoxy) is 1. The average Bonchev–Trinajstić information content (AvgIpc) is 2.85. The molecule has 3 rings (SSSR count). The number of methoxy groups -OCH3 is 1. The van der Waals surface area contributed by atoms with E-state index in [2.05, 4.69) is 0 Å². The van der Waals surface area contributed by atoms with Gasteiger partial charge < -0.3 is 9.84 Å². The fraction of sp³-hybridized carbons (Fsp3) is 0.278. The van der Waals surface area contributed by atoms with Crippen molar-refractivity contribution < 1.29 is 14.6 Å². The number of phenolic OH excluding ortho intramolecular Hbond substituents is 1. The zero-order valence-corrected chi connectivity index (χ0v) is 13.4. The van der Waals surface area contributed by atoms with E-state index < -0.39 is 0 Å². The first-order valence-electron chi connectivity index (χ1n) is 7.20. The van der Waals surface area contributed by atoms with Gasteiger partial charge in [-0.15, -0.1) is 0 Å². The lowest BCUT2D eigenvalue weighted by Gasteiger charge is -2.11. The highest BCUT2D eigenvalue weighted by atomic mass is 16.5. The van der Waals surface area contributed by atoms with E-state index in [-0.39, 0.29) is 5.91 Å². The first-order valence-corrected chi connectivity index (χ1v) is 7.20. The van der Waals surface area contributed by atoms with Gasteiger partial charge in [-0.05, 0) is 44.0 Å². The van der Waals surface area contributed by atoms with Gasteiger partial charge in [-0.3, -0.25) is 9.36 Å². The summed E-state index contributed by atoms with van der Waals surface area (Å²) in [5, 5.41) is 12.2. The number of aromatic hydroxyl groups is 1. The van der Waals surface area contributed by atoms with Gasteiger partial charge in [-0.1, -0.05) is 0 Å². The van der Waals surface area contributed by atoms with Crippen LogP contribution in [0.2, 0.25) is 0 Å². The van der Waals surface area contributed by atoms with Gasteiger partial charge in [0.05, 0.1) is 18.1 Å². The van der Waals surface area contributed by atoms with Crippen LogP contribution in [0.15, 0.2) is 18.2 Å². The molecule has 22 heavy (non-hydrogen) atoms. The van der Waals surface area contributed by atoms with Gasteiger partial charge in [0, 0.05) is 29.3 Å². The lowest BCUT2D eigenvalue weighted by molar-refractivity contribution is 0.0946. The molecule has 0 aliphatic carbocycles. The maximum Gasteiger partial charge on any atom is 0.228 e. The van der Waals surface area contributed by atoms with Crippen molar-refractivity contribution in [1.82, 2.24) is 4.57 Å². The van der Waals surface area contributed by atoms with Crippen molar-refractivity contribution in [2.75, 3.05) is 7.11 Å². The summed E-state index contributed by atoms with van der Waals surface area (Å²) in [4.78, 5) is 12.3. The molecule has 0 aliphatic rings. The molecule has 1 N–H and O–H groups in total. The number of nitrogens with zero attached hydrogens (tertiary/aromatic N) is 1. The third-order valence-electron chi connectivity index (χ3n) is 4.49. The highest BCUT2D eigenvalue weighted by Gasteiger charge is 2.21. The van der Waals surface area contributed by atoms with Gasteiger partial charge in [0.15, 0.2) is 0 Å². The molecule has 1 heterocycles. The highest BCUT2D eigenvalue weighted by molar-refractivity contribution is 6.16. The molecule has 1 aromatic heterocycles. The summed E-state index contributed by atoms with van der Waals surface area (Å²) in [6.07, 6.45) is 0. The fourth-order valence-corrected chi connectivity index (χ4v) is 3.21. The molecule has 4 nitrogen and oxygen atoms in total. The van der Waals surface area contributed by atoms with Crippen LogP contribution < -0.4 is 4.74 Å². The van der Waals surface area contributed by atoms with Crippen LogP contribution in [-0.2, 0) is 0 Å². The Kier molecular flexibility index (Phi) is 3.13. The summed E-state index contributed by atoms with van der Waals surface area (Å²) in [5.74, 6) is 0.943. The molecule has 4 heteroatoms. The predicted octanol–water partition coefficient (Wildman–Crippen LogP) is 4.09. The molecular formula is C18H19NO3. The maximum absolute atomic E-state index is 12.3. The van der Waals surface area contributed by atoms with Gasteiger partial charge >= 0.3 is 0 Å². The minimum Gasteiger partial charge on any atom is -0.507 e. The van der Waals surface area contributed by atoms with Crippen LogP contribution in [0.25, 0.3) is 21.8 Å². The average molecular weight is 297 g/mol. The number of hydrogen-bond donors (Lipinski definition) is 1. The zero-order valence-electron chi connectivity index (χ0n) is 13.4. The quantitative estimate of drug-likeness (QED) is 0.736. The molecule has 0 radical (unpaired) electrons. The van der Waals surface area contributed by atoms with E-state index in [1.807, 2.05) is 39.0 Å². The summed E-state index contributed by atoms with van der Waals surface area (Å²) < 4.78 is 7.00. The number of carbonyl (C=O) groups is 1. The van der Waals surface area contributed by atoms with Crippen molar-refractivity contribution in [3.05, 3.63) is 34.9 Å². The minimum atomic E-state index is -0.0548. The summed E-state index contributed by atoms with van der Waals surface area (Å²) in [7, 11) is 1.61. The fourth-order valence-electron chi connectivity index (χ4n) is 3.21. The number of benzene rings is 2. The number of fused-ring (bicyclic) bond motifs is 3. The maximum atomic E-state index is 12.3. The third kappa shape index (κ3) is 1.73. The SMILES string of the molecule is COc1ccc2c3c(C)c(O)c(C)c(C)c3n(C(C)=O)c2c1. The summed E-state index contributed by atoms with van der Waals surface area (Å²) in [6, 6.07) is 5.68. The Morgan fingerprint density at radius 2 is 1.82 bits per heavy atom. The van der Waals surface area contributed by atoms with E-state index in [9.17, 15) is 9.90 Å². The second-order valence-corrected chi connectivity index (χ2v) is 5.68. The summed E-state index contributed by atoms with van der Waals surface area (Å²) >= 11 is 0. The molecule has 0 aliphatic heterocycles. The second kappa shape index (κ2) is 4.77. The summed E-state index contributed by atoms with van der Waals surface area (Å²) in [6.45, 7) is 7.25. The predicted molar refractivity (Wildman–Crippen MR) is 88.2 cm³/mol. The first kappa shape index (κ1) is 14.4. The number of rotatable bonds is 1. The normalized spacial score (nSPS) is 11.3. The van der Waals surface area contributed by atoms with Crippen LogP contribution >= 0.6 is 0 Å². The molecule has 0 bridgehead atoms. The molecule has 2 aromatic carbocycles. The standard InChI is InChI=1S/C18H19NO3/c1-9-10(2)18(21)11(3)16-14-7-6-13(22-5)8-15(14)19(12(4)20)17(9)16/h6-8,21H,1-5H3. The van der Waals surface area contributed by atoms with Gasteiger partial charge in [-0.2, -0.15) is 0 Å². The van der Waals surface area contributed by atoms with E-state index in [0.29, 0.717) is 11.5 Å². The molecule has 114 valence electrons. The number of aromatic nitrogens is 1. The first-order chi connectivity index (χ1) is 10.4. The van der Waals surface area contributed by atoms with Crippen molar-refractivity contribution in [1.29, 1.82) is 0 Å². The van der Waals surface area contributed by atoms with Crippen molar-refractivity contribution in [2.45, 2.75) is 27.7 Å². The number of phenols is 1. The van der Waals surface area contributed by atoms with E-state index in [4.69, 9.17) is 4.74 Å². The lowest BCUT2D eigenvalue weighted by atomic mass is 9.98. The van der Waals surface area contributed by atoms with E-state index in [1.54, 1.807) is 18.6 Å². The number of hydrogen-bond acceptors (Lipinski definition) is 3. The molecule has 0 spiro atoms. The van der Waals surface area contributed by atoms with Crippen LogP contribution in [-0.4, -0.2) is 22.7 Å². The molecule has 0 fully saturated rings. The lowest BCUT2D eigenvalue weighted by Crippen LogP contribution is -2.06. The number of carbonyl (C=O) groups excluding carboxylic acids is 1.